The van der Waals surface area contributed by atoms with Crippen molar-refractivity contribution in [1.29, 1.82) is 5.26 Å². The van der Waals surface area contributed by atoms with Crippen LogP contribution >= 0.6 is 0 Å². The summed E-state index contributed by atoms with van der Waals surface area (Å²) in [6.07, 6.45) is 8.33. The van der Waals surface area contributed by atoms with Crippen LogP contribution in [0.1, 0.15) is 51.9 Å². The van der Waals surface area contributed by atoms with Gasteiger partial charge in [0.2, 0.25) is 0 Å². The Kier molecular flexibility index (Phi) is 4.64. The number of hydrogen-bond acceptors (Lipinski definition) is 3. The zero-order valence-corrected chi connectivity index (χ0v) is 11.7. The lowest BCUT2D eigenvalue weighted by atomic mass is 9.86. The first-order chi connectivity index (χ1) is 8.68. The third-order valence-electron chi connectivity index (χ3n) is 5.16. The van der Waals surface area contributed by atoms with Crippen LogP contribution in [0.15, 0.2) is 0 Å². The van der Waals surface area contributed by atoms with Gasteiger partial charge in [0.05, 0.1) is 6.07 Å². The average Bonchev–Trinajstić information content (AvgIpc) is 2.79. The summed E-state index contributed by atoms with van der Waals surface area (Å²) in [7, 11) is 0. The van der Waals surface area contributed by atoms with Crippen molar-refractivity contribution >= 4 is 0 Å². The van der Waals surface area contributed by atoms with Gasteiger partial charge in [0.25, 0.3) is 0 Å². The largest absolute Gasteiger partial charge is 0.313 e. The van der Waals surface area contributed by atoms with Gasteiger partial charge in [0, 0.05) is 0 Å². The molecule has 1 saturated carbocycles. The fraction of sp³-hybridized carbons (Fsp3) is 0.933. The highest BCUT2D eigenvalue weighted by atomic mass is 15.1. The van der Waals surface area contributed by atoms with Gasteiger partial charge in [0.1, 0.15) is 5.54 Å². The van der Waals surface area contributed by atoms with Crippen LogP contribution < -0.4 is 5.73 Å². The van der Waals surface area contributed by atoms with Gasteiger partial charge in [0.15, 0.2) is 0 Å². The van der Waals surface area contributed by atoms with Crippen LogP contribution in [0.5, 0.6) is 0 Å². The molecule has 102 valence electrons. The van der Waals surface area contributed by atoms with Gasteiger partial charge in [-0.3, -0.25) is 0 Å². The zero-order chi connectivity index (χ0) is 13.0. The van der Waals surface area contributed by atoms with Crippen molar-refractivity contribution in [2.75, 3.05) is 19.6 Å². The molecular weight excluding hydrogens is 222 g/mol. The third kappa shape index (κ3) is 3.05. The van der Waals surface area contributed by atoms with Crippen LogP contribution in [0.3, 0.4) is 0 Å². The minimum absolute atomic E-state index is 0.423. The van der Waals surface area contributed by atoms with Crippen LogP contribution in [-0.4, -0.2) is 30.1 Å². The van der Waals surface area contributed by atoms with E-state index in [4.69, 9.17) is 5.73 Å². The molecule has 0 spiro atoms. The van der Waals surface area contributed by atoms with Gasteiger partial charge in [-0.2, -0.15) is 5.26 Å². The van der Waals surface area contributed by atoms with E-state index in [0.29, 0.717) is 5.92 Å². The lowest BCUT2D eigenvalue weighted by Crippen LogP contribution is -2.43. The summed E-state index contributed by atoms with van der Waals surface area (Å²) in [4.78, 5) is 2.57. The summed E-state index contributed by atoms with van der Waals surface area (Å²) in [5.74, 6) is 1.37. The van der Waals surface area contributed by atoms with E-state index in [0.717, 1.165) is 38.1 Å². The maximum absolute atomic E-state index is 9.21. The summed E-state index contributed by atoms with van der Waals surface area (Å²) in [6.45, 7) is 5.93. The van der Waals surface area contributed by atoms with Crippen LogP contribution in [0, 0.1) is 23.2 Å². The van der Waals surface area contributed by atoms with E-state index < -0.39 is 5.54 Å². The molecule has 2 fully saturated rings. The van der Waals surface area contributed by atoms with Crippen molar-refractivity contribution in [3.8, 4) is 6.07 Å². The first-order valence-electron chi connectivity index (χ1n) is 7.60. The minimum atomic E-state index is -0.526. The van der Waals surface area contributed by atoms with Crippen molar-refractivity contribution in [2.45, 2.75) is 57.4 Å². The summed E-state index contributed by atoms with van der Waals surface area (Å²) in [5, 5.41) is 9.21. The van der Waals surface area contributed by atoms with Crippen LogP contribution in [0.2, 0.25) is 0 Å². The predicted octanol–water partition coefficient (Wildman–Crippen LogP) is 2.52. The third-order valence-corrected chi connectivity index (χ3v) is 5.16. The second-order valence-electron chi connectivity index (χ2n) is 6.22. The molecule has 1 aliphatic heterocycles. The lowest BCUT2D eigenvalue weighted by Gasteiger charge is -2.33. The fourth-order valence-electron chi connectivity index (χ4n) is 3.61. The Morgan fingerprint density at radius 3 is 2.67 bits per heavy atom. The molecule has 0 bridgehead atoms. The Morgan fingerprint density at radius 2 is 2.06 bits per heavy atom. The van der Waals surface area contributed by atoms with Gasteiger partial charge in [-0.05, 0) is 63.6 Å². The summed E-state index contributed by atoms with van der Waals surface area (Å²) >= 11 is 0. The number of nitriles is 1. The van der Waals surface area contributed by atoms with E-state index in [1.807, 2.05) is 0 Å². The highest BCUT2D eigenvalue weighted by molar-refractivity contribution is 5.11. The standard InChI is InChI=1S/C15H27N3/c1-2-13-5-9-18(10-6-13)11-7-14-4-3-8-15(14,17)12-16/h13-14H,2-11,17H2,1H3. The molecule has 3 heteroatoms. The molecule has 1 aliphatic carbocycles. The Hall–Kier alpha value is -0.590. The second-order valence-corrected chi connectivity index (χ2v) is 6.22. The molecule has 2 unspecified atom stereocenters. The molecule has 1 heterocycles. The van der Waals surface area contributed by atoms with E-state index in [1.54, 1.807) is 0 Å². The maximum atomic E-state index is 9.21. The monoisotopic (exact) mass is 249 g/mol. The van der Waals surface area contributed by atoms with Crippen molar-refractivity contribution in [3.63, 3.8) is 0 Å². The minimum Gasteiger partial charge on any atom is -0.313 e. The topological polar surface area (TPSA) is 53.0 Å². The van der Waals surface area contributed by atoms with Crippen LogP contribution in [0.4, 0.5) is 0 Å². The highest BCUT2D eigenvalue weighted by Gasteiger charge is 2.39. The highest BCUT2D eigenvalue weighted by Crippen LogP contribution is 2.35. The quantitative estimate of drug-likeness (QED) is 0.833. The molecule has 0 aromatic heterocycles. The molecule has 0 aromatic carbocycles. The summed E-state index contributed by atoms with van der Waals surface area (Å²) < 4.78 is 0. The predicted molar refractivity (Wildman–Crippen MR) is 73.9 cm³/mol. The zero-order valence-electron chi connectivity index (χ0n) is 11.7. The van der Waals surface area contributed by atoms with Gasteiger partial charge in [-0.25, -0.2) is 0 Å². The van der Waals surface area contributed by atoms with Crippen molar-refractivity contribution < 1.29 is 0 Å². The molecule has 1 saturated heterocycles. The fourth-order valence-corrected chi connectivity index (χ4v) is 3.61. The van der Waals surface area contributed by atoms with Crippen molar-refractivity contribution in [2.24, 2.45) is 17.6 Å². The number of nitrogens with zero attached hydrogens (tertiary/aromatic N) is 2. The van der Waals surface area contributed by atoms with Gasteiger partial charge in [-0.15, -0.1) is 0 Å². The number of hydrogen-bond donors (Lipinski definition) is 1. The lowest BCUT2D eigenvalue weighted by molar-refractivity contribution is 0.167. The number of piperidine rings is 1. The van der Waals surface area contributed by atoms with Gasteiger partial charge in [-0.1, -0.05) is 19.8 Å². The Morgan fingerprint density at radius 1 is 1.33 bits per heavy atom. The Labute approximate surface area is 111 Å². The van der Waals surface area contributed by atoms with E-state index >= 15 is 0 Å². The SMILES string of the molecule is CCC1CCN(CCC2CCCC2(N)C#N)CC1. The van der Waals surface area contributed by atoms with Crippen molar-refractivity contribution in [1.82, 2.24) is 4.90 Å². The van der Waals surface area contributed by atoms with E-state index in [-0.39, 0.29) is 0 Å². The second kappa shape index (κ2) is 6.04. The van der Waals surface area contributed by atoms with Crippen LogP contribution in [-0.2, 0) is 0 Å². The molecule has 0 aromatic rings. The molecule has 2 rings (SSSR count). The molecular formula is C15H27N3. The maximum Gasteiger partial charge on any atom is 0.107 e. The molecule has 2 aliphatic rings. The first-order valence-corrected chi connectivity index (χ1v) is 7.60. The first kappa shape index (κ1) is 13.8. The van der Waals surface area contributed by atoms with E-state index in [9.17, 15) is 5.26 Å². The normalized spacial score (nSPS) is 34.6. The molecule has 0 radical (unpaired) electrons. The molecule has 0 amide bonds. The molecule has 2 N–H and O–H groups in total. The molecule has 2 atom stereocenters. The number of rotatable bonds is 4. The van der Waals surface area contributed by atoms with Crippen molar-refractivity contribution in [3.05, 3.63) is 0 Å². The van der Waals surface area contributed by atoms with Gasteiger partial charge < -0.3 is 10.6 Å². The van der Waals surface area contributed by atoms with E-state index in [1.165, 1.54) is 32.4 Å². The summed E-state index contributed by atoms with van der Waals surface area (Å²) in [6, 6.07) is 2.35. The average molecular weight is 249 g/mol. The summed E-state index contributed by atoms with van der Waals surface area (Å²) in [5.41, 5.74) is 5.66. The Bertz CT molecular complexity index is 301. The molecule has 18 heavy (non-hydrogen) atoms. The Balaban J connectivity index is 1.74. The number of likely N-dealkylation sites (tertiary alicyclic amines) is 1. The van der Waals surface area contributed by atoms with E-state index in [2.05, 4.69) is 17.9 Å². The smallest absolute Gasteiger partial charge is 0.107 e. The number of nitrogens with two attached hydrogens (primary N) is 1. The van der Waals surface area contributed by atoms with Crippen LogP contribution in [0.25, 0.3) is 0 Å². The molecule has 3 nitrogen and oxygen atoms in total. The van der Waals surface area contributed by atoms with Gasteiger partial charge >= 0.3 is 0 Å².